The van der Waals surface area contributed by atoms with E-state index >= 15 is 0 Å². The second kappa shape index (κ2) is 6.21. The van der Waals surface area contributed by atoms with Crippen molar-refractivity contribution in [1.82, 2.24) is 9.55 Å². The van der Waals surface area contributed by atoms with E-state index < -0.39 is 24.0 Å². The van der Waals surface area contributed by atoms with E-state index in [4.69, 9.17) is 5.11 Å². The number of halogens is 4. The topological polar surface area (TPSA) is 76.4 Å². The molecule has 0 aliphatic heterocycles. The van der Waals surface area contributed by atoms with E-state index in [1.807, 2.05) is 0 Å². The lowest BCUT2D eigenvalue weighted by Gasteiger charge is -2.12. The fraction of sp³-hybridized carbons (Fsp3) is 0.125. The largest absolute Gasteiger partial charge is 0.573 e. The van der Waals surface area contributed by atoms with Crippen molar-refractivity contribution in [2.24, 2.45) is 7.05 Å². The minimum absolute atomic E-state index is 0.0442. The number of imidazole rings is 1. The molecule has 0 aliphatic rings. The Balaban J connectivity index is 2.13. The van der Waals surface area contributed by atoms with Gasteiger partial charge in [0.05, 0.1) is 17.4 Å². The molecule has 1 aromatic heterocycles. The smallest absolute Gasteiger partial charge is 0.465 e. The molecule has 136 valence electrons. The SMILES string of the molecule is Cn1cnc2c(-c3ccc(OC(F)(F)F)cc3F)cc(NC(=O)O)cc21. The molecule has 2 aromatic carbocycles. The number of carboxylic acid groups (broad SMARTS) is 1. The van der Waals surface area contributed by atoms with E-state index in [2.05, 4.69) is 15.0 Å². The summed E-state index contributed by atoms with van der Waals surface area (Å²) in [6.07, 6.45) is -4.79. The first-order chi connectivity index (χ1) is 12.1. The van der Waals surface area contributed by atoms with Gasteiger partial charge in [-0.15, -0.1) is 13.2 Å². The zero-order valence-corrected chi connectivity index (χ0v) is 13.1. The molecule has 10 heteroatoms. The molecule has 1 amide bonds. The molecule has 0 atom stereocenters. The summed E-state index contributed by atoms with van der Waals surface area (Å²) in [6.45, 7) is 0. The Kier molecular flexibility index (Phi) is 4.18. The Hall–Kier alpha value is -3.30. The zero-order chi connectivity index (χ0) is 19.1. The van der Waals surface area contributed by atoms with E-state index in [1.165, 1.54) is 18.5 Å². The predicted molar refractivity (Wildman–Crippen MR) is 84.4 cm³/mol. The van der Waals surface area contributed by atoms with Crippen LogP contribution in [0.5, 0.6) is 5.75 Å². The molecule has 2 N–H and O–H groups in total. The summed E-state index contributed by atoms with van der Waals surface area (Å²) in [4.78, 5) is 15.0. The summed E-state index contributed by atoms with van der Waals surface area (Å²) < 4.78 is 56.5. The highest BCUT2D eigenvalue weighted by atomic mass is 19.4. The second-order valence-electron chi connectivity index (χ2n) is 5.37. The average molecular weight is 369 g/mol. The van der Waals surface area contributed by atoms with Crippen molar-refractivity contribution in [2.75, 3.05) is 5.32 Å². The monoisotopic (exact) mass is 369 g/mol. The summed E-state index contributed by atoms with van der Waals surface area (Å²) >= 11 is 0. The quantitative estimate of drug-likeness (QED) is 0.673. The van der Waals surface area contributed by atoms with Crippen LogP contribution in [0.25, 0.3) is 22.2 Å². The molecule has 0 bridgehead atoms. The van der Waals surface area contributed by atoms with Gasteiger partial charge in [0.1, 0.15) is 11.6 Å². The molecule has 0 radical (unpaired) electrons. The van der Waals surface area contributed by atoms with Gasteiger partial charge >= 0.3 is 12.5 Å². The van der Waals surface area contributed by atoms with Crippen molar-refractivity contribution in [3.05, 3.63) is 42.5 Å². The lowest BCUT2D eigenvalue weighted by molar-refractivity contribution is -0.274. The summed E-state index contributed by atoms with van der Waals surface area (Å²) in [5.41, 5.74) is 1.23. The maximum Gasteiger partial charge on any atom is 0.573 e. The van der Waals surface area contributed by atoms with Gasteiger partial charge in [-0.2, -0.15) is 0 Å². The number of rotatable bonds is 3. The third kappa shape index (κ3) is 3.53. The first-order valence-electron chi connectivity index (χ1n) is 7.15. The molecule has 3 aromatic rings. The predicted octanol–water partition coefficient (Wildman–Crippen LogP) is 4.37. The molecule has 0 aliphatic carbocycles. The van der Waals surface area contributed by atoms with Gasteiger partial charge in [-0.05, 0) is 24.3 Å². The number of amides is 1. The zero-order valence-electron chi connectivity index (χ0n) is 13.1. The highest BCUT2D eigenvalue weighted by molar-refractivity contribution is 5.97. The van der Waals surface area contributed by atoms with Gasteiger partial charge in [-0.3, -0.25) is 5.32 Å². The highest BCUT2D eigenvalue weighted by Gasteiger charge is 2.31. The van der Waals surface area contributed by atoms with Crippen LogP contribution in [0.1, 0.15) is 0 Å². The van der Waals surface area contributed by atoms with Gasteiger partial charge in [0.2, 0.25) is 0 Å². The molecular formula is C16H11F4N3O3. The van der Waals surface area contributed by atoms with Crippen LogP contribution in [0.4, 0.5) is 28.0 Å². The normalized spacial score (nSPS) is 11.6. The summed E-state index contributed by atoms with van der Waals surface area (Å²) in [7, 11) is 1.67. The molecule has 0 unspecified atom stereocenters. The van der Waals surface area contributed by atoms with E-state index in [1.54, 1.807) is 11.6 Å². The van der Waals surface area contributed by atoms with E-state index in [-0.39, 0.29) is 16.8 Å². The minimum atomic E-state index is -4.94. The molecule has 0 fully saturated rings. The maximum absolute atomic E-state index is 14.4. The van der Waals surface area contributed by atoms with Gasteiger partial charge in [0, 0.05) is 29.9 Å². The van der Waals surface area contributed by atoms with Gasteiger partial charge in [-0.25, -0.2) is 14.2 Å². The number of alkyl halides is 3. The van der Waals surface area contributed by atoms with Crippen molar-refractivity contribution >= 4 is 22.8 Å². The molecule has 3 rings (SSSR count). The first-order valence-corrected chi connectivity index (χ1v) is 7.15. The Morgan fingerprint density at radius 3 is 2.58 bits per heavy atom. The van der Waals surface area contributed by atoms with Crippen LogP contribution in [-0.2, 0) is 7.05 Å². The average Bonchev–Trinajstić information content (AvgIpc) is 2.86. The third-order valence-electron chi connectivity index (χ3n) is 3.55. The number of aromatic nitrogens is 2. The van der Waals surface area contributed by atoms with Gasteiger partial charge in [0.15, 0.2) is 0 Å². The van der Waals surface area contributed by atoms with E-state index in [0.29, 0.717) is 17.1 Å². The van der Waals surface area contributed by atoms with Crippen molar-refractivity contribution < 1.29 is 32.2 Å². The number of ether oxygens (including phenoxy) is 1. The number of anilines is 1. The Morgan fingerprint density at radius 2 is 1.96 bits per heavy atom. The summed E-state index contributed by atoms with van der Waals surface area (Å²) in [6, 6.07) is 5.56. The number of aryl methyl sites for hydroxylation is 1. The fourth-order valence-corrected chi connectivity index (χ4v) is 2.54. The van der Waals surface area contributed by atoms with Crippen LogP contribution >= 0.6 is 0 Å². The van der Waals surface area contributed by atoms with Crippen molar-refractivity contribution in [3.8, 4) is 16.9 Å². The lowest BCUT2D eigenvalue weighted by Crippen LogP contribution is -2.17. The third-order valence-corrected chi connectivity index (χ3v) is 3.55. The van der Waals surface area contributed by atoms with E-state index in [0.717, 1.165) is 12.1 Å². The Morgan fingerprint density at radius 1 is 1.23 bits per heavy atom. The molecule has 0 spiro atoms. The van der Waals surface area contributed by atoms with Crippen LogP contribution in [0.2, 0.25) is 0 Å². The van der Waals surface area contributed by atoms with Crippen LogP contribution in [0.15, 0.2) is 36.7 Å². The minimum Gasteiger partial charge on any atom is -0.465 e. The molecule has 6 nitrogen and oxygen atoms in total. The van der Waals surface area contributed by atoms with Crippen molar-refractivity contribution in [3.63, 3.8) is 0 Å². The van der Waals surface area contributed by atoms with Crippen molar-refractivity contribution in [2.45, 2.75) is 6.36 Å². The molecular weight excluding hydrogens is 358 g/mol. The van der Waals surface area contributed by atoms with Gasteiger partial charge in [0.25, 0.3) is 0 Å². The number of fused-ring (bicyclic) bond motifs is 1. The fourth-order valence-electron chi connectivity index (χ4n) is 2.54. The second-order valence-corrected chi connectivity index (χ2v) is 5.37. The number of hydrogen-bond acceptors (Lipinski definition) is 3. The maximum atomic E-state index is 14.4. The van der Waals surface area contributed by atoms with Crippen LogP contribution in [0.3, 0.4) is 0 Å². The molecule has 26 heavy (non-hydrogen) atoms. The summed E-state index contributed by atoms with van der Waals surface area (Å²) in [5, 5.41) is 11.1. The molecule has 0 saturated heterocycles. The van der Waals surface area contributed by atoms with Crippen LogP contribution < -0.4 is 10.1 Å². The number of hydrogen-bond donors (Lipinski definition) is 2. The number of carbonyl (C=O) groups is 1. The highest BCUT2D eigenvalue weighted by Crippen LogP contribution is 2.35. The van der Waals surface area contributed by atoms with E-state index in [9.17, 15) is 22.4 Å². The van der Waals surface area contributed by atoms with Crippen molar-refractivity contribution in [1.29, 1.82) is 0 Å². The number of benzene rings is 2. The van der Waals surface area contributed by atoms with Gasteiger partial charge in [-0.1, -0.05) is 0 Å². The molecule has 0 saturated carbocycles. The first kappa shape index (κ1) is 17.5. The van der Waals surface area contributed by atoms with Crippen LogP contribution in [-0.4, -0.2) is 27.1 Å². The van der Waals surface area contributed by atoms with Gasteiger partial charge < -0.3 is 14.4 Å². The lowest BCUT2D eigenvalue weighted by atomic mass is 10.0. The standard InChI is InChI=1S/C16H11F4N3O3/c1-23-7-21-14-11(4-8(5-13(14)23)22-15(24)25)10-3-2-9(6-12(10)17)26-16(18,19)20/h2-7,22H,1H3,(H,24,25). The molecule has 1 heterocycles. The number of nitrogens with one attached hydrogen (secondary N) is 1. The Bertz CT molecular complexity index is 998. The Labute approximate surface area is 143 Å². The van der Waals surface area contributed by atoms with Crippen LogP contribution in [0, 0.1) is 5.82 Å². The number of nitrogens with zero attached hydrogens (tertiary/aromatic N) is 2. The summed E-state index contributed by atoms with van der Waals surface area (Å²) in [5.74, 6) is -1.66.